The van der Waals surface area contributed by atoms with E-state index in [1.54, 1.807) is 6.07 Å². The average molecular weight is 459 g/mol. The number of amides is 4. The normalized spacial score (nSPS) is 25.3. The van der Waals surface area contributed by atoms with Gasteiger partial charge in [-0.15, -0.1) is 0 Å². The number of rotatable bonds is 6. The molecule has 0 bridgehead atoms. The smallest absolute Gasteiger partial charge is 0.344 e. The maximum absolute atomic E-state index is 12.8. The summed E-state index contributed by atoms with van der Waals surface area (Å²) in [5.74, 6) is -0.541. The number of hydrazine groups is 1. The van der Waals surface area contributed by atoms with Gasteiger partial charge in [-0.05, 0) is 51.5 Å². The van der Waals surface area contributed by atoms with E-state index in [1.165, 1.54) is 0 Å². The number of para-hydroxylation sites is 1. The van der Waals surface area contributed by atoms with Gasteiger partial charge in [0.15, 0.2) is 24.7 Å². The highest BCUT2D eigenvalue weighted by Gasteiger charge is 2.52. The second-order valence-electron chi connectivity index (χ2n) is 9.60. The molecule has 1 aromatic rings. The van der Waals surface area contributed by atoms with Gasteiger partial charge in [-0.2, -0.15) is 5.01 Å². The molecule has 2 heterocycles. The van der Waals surface area contributed by atoms with Gasteiger partial charge in [0.2, 0.25) is 0 Å². The number of urea groups is 1. The SMILES string of the molecule is CC1CCC2(CC1)NC(=O)N(NC(=O)COC(=O)COc1cccc3c1OC(C)(C)C3)C2=O. The Balaban J connectivity index is 1.25. The highest BCUT2D eigenvalue weighted by Crippen LogP contribution is 2.41. The second-order valence-corrected chi connectivity index (χ2v) is 9.60. The second kappa shape index (κ2) is 8.57. The Bertz CT molecular complexity index is 982. The Morgan fingerprint density at radius 1 is 1.21 bits per heavy atom. The molecule has 1 saturated heterocycles. The zero-order valence-corrected chi connectivity index (χ0v) is 19.1. The van der Waals surface area contributed by atoms with E-state index in [0.29, 0.717) is 35.3 Å². The third kappa shape index (κ3) is 4.74. The number of esters is 1. The summed E-state index contributed by atoms with van der Waals surface area (Å²) in [5, 5.41) is 3.38. The van der Waals surface area contributed by atoms with Crippen LogP contribution in [0.4, 0.5) is 4.79 Å². The third-order valence-electron chi connectivity index (χ3n) is 6.29. The Morgan fingerprint density at radius 3 is 2.67 bits per heavy atom. The summed E-state index contributed by atoms with van der Waals surface area (Å²) in [6, 6.07) is 4.77. The van der Waals surface area contributed by atoms with Gasteiger partial charge in [0.05, 0.1) is 0 Å². The summed E-state index contributed by atoms with van der Waals surface area (Å²) in [6.07, 6.45) is 3.42. The number of nitrogens with zero attached hydrogens (tertiary/aromatic N) is 1. The van der Waals surface area contributed by atoms with Crippen LogP contribution in [0.1, 0.15) is 52.0 Å². The molecular formula is C23H29N3O7. The number of hydrogen-bond acceptors (Lipinski definition) is 7. The highest BCUT2D eigenvalue weighted by molar-refractivity contribution is 6.08. The van der Waals surface area contributed by atoms with E-state index in [4.69, 9.17) is 14.2 Å². The monoisotopic (exact) mass is 459 g/mol. The standard InChI is InChI=1S/C23H29N3O7/c1-14-7-9-23(10-8-14)20(29)26(21(30)24-23)25-17(27)12-32-18(28)13-31-16-6-4-5-15-11-22(2,3)33-19(15)16/h4-6,14H,7-13H2,1-3H3,(H,24,30)(H,25,27). The predicted octanol–water partition coefficient (Wildman–Crippen LogP) is 1.85. The molecule has 4 amide bonds. The molecule has 2 N–H and O–H groups in total. The molecule has 2 fully saturated rings. The zero-order chi connectivity index (χ0) is 23.8. The van der Waals surface area contributed by atoms with Crippen LogP contribution < -0.4 is 20.2 Å². The number of fused-ring (bicyclic) bond motifs is 1. The van der Waals surface area contributed by atoms with Crippen molar-refractivity contribution in [2.45, 2.75) is 64.0 Å². The fraction of sp³-hybridized carbons (Fsp3) is 0.565. The number of hydrogen-bond donors (Lipinski definition) is 2. The van der Waals surface area contributed by atoms with Crippen molar-refractivity contribution >= 4 is 23.8 Å². The summed E-state index contributed by atoms with van der Waals surface area (Å²) in [6.45, 7) is 4.96. The molecule has 2 aliphatic heterocycles. The van der Waals surface area contributed by atoms with E-state index in [9.17, 15) is 19.2 Å². The van der Waals surface area contributed by atoms with Gasteiger partial charge < -0.3 is 19.5 Å². The topological polar surface area (TPSA) is 123 Å². The van der Waals surface area contributed by atoms with Gasteiger partial charge >= 0.3 is 12.0 Å². The minimum absolute atomic E-state index is 0.353. The minimum Gasteiger partial charge on any atom is -0.483 e. The van der Waals surface area contributed by atoms with Gasteiger partial charge in [0.1, 0.15) is 11.1 Å². The van der Waals surface area contributed by atoms with Crippen LogP contribution in [0.25, 0.3) is 0 Å². The van der Waals surface area contributed by atoms with E-state index in [2.05, 4.69) is 17.7 Å². The molecule has 178 valence electrons. The van der Waals surface area contributed by atoms with Crippen LogP contribution in [-0.2, 0) is 25.5 Å². The summed E-state index contributed by atoms with van der Waals surface area (Å²) >= 11 is 0. The first kappa shape index (κ1) is 22.9. The van der Waals surface area contributed by atoms with Crippen molar-refractivity contribution < 1.29 is 33.4 Å². The van der Waals surface area contributed by atoms with Crippen LogP contribution in [0.3, 0.4) is 0 Å². The van der Waals surface area contributed by atoms with Crippen molar-refractivity contribution in [3.8, 4) is 11.5 Å². The van der Waals surface area contributed by atoms with Crippen molar-refractivity contribution in [2.75, 3.05) is 13.2 Å². The van der Waals surface area contributed by atoms with Gasteiger partial charge in [-0.1, -0.05) is 19.1 Å². The first-order valence-electron chi connectivity index (χ1n) is 11.1. The van der Waals surface area contributed by atoms with E-state index >= 15 is 0 Å². The van der Waals surface area contributed by atoms with E-state index < -0.39 is 42.6 Å². The molecule has 0 radical (unpaired) electrons. The summed E-state index contributed by atoms with van der Waals surface area (Å²) < 4.78 is 16.3. The van der Waals surface area contributed by atoms with Gasteiger partial charge in [0, 0.05) is 12.0 Å². The number of imide groups is 1. The Labute approximate surface area is 191 Å². The fourth-order valence-corrected chi connectivity index (χ4v) is 4.50. The van der Waals surface area contributed by atoms with Crippen LogP contribution >= 0.6 is 0 Å². The quantitative estimate of drug-likeness (QED) is 0.492. The molecule has 10 nitrogen and oxygen atoms in total. The first-order chi connectivity index (χ1) is 15.6. The number of benzene rings is 1. The zero-order valence-electron chi connectivity index (χ0n) is 19.1. The molecule has 0 atom stereocenters. The van der Waals surface area contributed by atoms with Crippen LogP contribution in [-0.4, -0.2) is 53.2 Å². The molecule has 33 heavy (non-hydrogen) atoms. The van der Waals surface area contributed by atoms with Crippen LogP contribution in [0.15, 0.2) is 18.2 Å². The maximum Gasteiger partial charge on any atom is 0.344 e. The molecule has 3 aliphatic rings. The van der Waals surface area contributed by atoms with Crippen LogP contribution in [0, 0.1) is 5.92 Å². The number of ether oxygens (including phenoxy) is 3. The minimum atomic E-state index is -0.964. The van der Waals surface area contributed by atoms with Crippen molar-refractivity contribution in [2.24, 2.45) is 5.92 Å². The summed E-state index contributed by atoms with van der Waals surface area (Å²) in [5.41, 5.74) is 1.90. The lowest BCUT2D eigenvalue weighted by molar-refractivity contribution is -0.152. The van der Waals surface area contributed by atoms with Gasteiger partial charge in [-0.25, -0.2) is 9.59 Å². The van der Waals surface area contributed by atoms with Crippen molar-refractivity contribution in [3.05, 3.63) is 23.8 Å². The van der Waals surface area contributed by atoms with Crippen LogP contribution in [0.5, 0.6) is 11.5 Å². The fourth-order valence-electron chi connectivity index (χ4n) is 4.50. The summed E-state index contributed by atoms with van der Waals surface area (Å²) in [4.78, 5) is 49.3. The van der Waals surface area contributed by atoms with E-state index in [0.717, 1.165) is 24.8 Å². The molecule has 1 aliphatic carbocycles. The van der Waals surface area contributed by atoms with Crippen molar-refractivity contribution in [3.63, 3.8) is 0 Å². The molecule has 0 unspecified atom stereocenters. The van der Waals surface area contributed by atoms with E-state index in [-0.39, 0.29) is 5.60 Å². The summed E-state index contributed by atoms with van der Waals surface area (Å²) in [7, 11) is 0. The lowest BCUT2D eigenvalue weighted by atomic mass is 9.77. The molecule has 4 rings (SSSR count). The number of nitrogens with one attached hydrogen (secondary N) is 2. The number of carbonyl (C=O) groups is 4. The molecular weight excluding hydrogens is 430 g/mol. The maximum atomic E-state index is 12.8. The lowest BCUT2D eigenvalue weighted by Crippen LogP contribution is -2.52. The average Bonchev–Trinajstić information content (AvgIpc) is 3.20. The van der Waals surface area contributed by atoms with Crippen LogP contribution in [0.2, 0.25) is 0 Å². The van der Waals surface area contributed by atoms with Gasteiger partial charge in [0.25, 0.3) is 11.8 Å². The molecule has 1 aromatic carbocycles. The molecule has 10 heteroatoms. The largest absolute Gasteiger partial charge is 0.483 e. The van der Waals surface area contributed by atoms with Crippen molar-refractivity contribution in [1.82, 2.24) is 15.8 Å². The Kier molecular flexibility index (Phi) is 5.94. The number of carbonyl (C=O) groups excluding carboxylic acids is 4. The lowest BCUT2D eigenvalue weighted by Gasteiger charge is -2.33. The van der Waals surface area contributed by atoms with E-state index in [1.807, 2.05) is 26.0 Å². The van der Waals surface area contributed by atoms with Gasteiger partial charge in [-0.3, -0.25) is 15.0 Å². The highest BCUT2D eigenvalue weighted by atomic mass is 16.6. The Morgan fingerprint density at radius 2 is 1.94 bits per heavy atom. The molecule has 1 saturated carbocycles. The first-order valence-corrected chi connectivity index (χ1v) is 11.1. The molecule has 0 aromatic heterocycles. The third-order valence-corrected chi connectivity index (χ3v) is 6.29. The molecule has 1 spiro atoms. The Hall–Kier alpha value is -3.30. The predicted molar refractivity (Wildman–Crippen MR) is 115 cm³/mol. The van der Waals surface area contributed by atoms with Crippen molar-refractivity contribution in [1.29, 1.82) is 0 Å².